The lowest BCUT2D eigenvalue weighted by Crippen LogP contribution is -2.35. The number of rotatable bonds is 2. The number of benzene rings is 1. The molecule has 0 spiro atoms. The Kier molecular flexibility index (Phi) is 4.09. The summed E-state index contributed by atoms with van der Waals surface area (Å²) < 4.78 is 14.1. The third-order valence-corrected chi connectivity index (χ3v) is 4.81. The molecular weight excluding hydrogens is 277 g/mol. The lowest BCUT2D eigenvalue weighted by molar-refractivity contribution is 0.00754. The zero-order valence-corrected chi connectivity index (χ0v) is 12.5. The third-order valence-electron chi connectivity index (χ3n) is 4.52. The van der Waals surface area contributed by atoms with E-state index in [9.17, 15) is 14.8 Å². The van der Waals surface area contributed by atoms with Crippen LogP contribution < -0.4 is 0 Å². The highest BCUT2D eigenvalue weighted by atomic mass is 35.5. The summed E-state index contributed by atoms with van der Waals surface area (Å²) in [5.41, 5.74) is -0.618. The first-order chi connectivity index (χ1) is 9.31. The minimum Gasteiger partial charge on any atom is -0.387 e. The first-order valence-electron chi connectivity index (χ1n) is 6.85. The van der Waals surface area contributed by atoms with Crippen molar-refractivity contribution < 1.29 is 9.50 Å². The van der Waals surface area contributed by atoms with Crippen LogP contribution in [0.3, 0.4) is 0 Å². The van der Waals surface area contributed by atoms with E-state index in [-0.39, 0.29) is 16.0 Å². The molecule has 1 aromatic carbocycles. The van der Waals surface area contributed by atoms with Gasteiger partial charge in [-0.2, -0.15) is 5.26 Å². The Bertz CT molecular complexity index is 540. The SMILES string of the molecule is CC1(C)CCC(C#N)(C(O)c2cccc(Cl)c2F)CC1. The standard InChI is InChI=1S/C16H19ClFNO/c1-15(2)6-8-16(10-19,9-7-15)14(20)11-4-3-5-12(17)13(11)18/h3-5,14,20H,6-9H2,1-2H3. The Morgan fingerprint density at radius 2 is 1.90 bits per heavy atom. The summed E-state index contributed by atoms with van der Waals surface area (Å²) in [5, 5.41) is 20.1. The molecule has 1 aliphatic rings. The van der Waals surface area contributed by atoms with Crippen molar-refractivity contribution in [2.45, 2.75) is 45.6 Å². The molecule has 1 saturated carbocycles. The van der Waals surface area contributed by atoms with Gasteiger partial charge in [-0.3, -0.25) is 0 Å². The van der Waals surface area contributed by atoms with E-state index in [0.717, 1.165) is 12.8 Å². The van der Waals surface area contributed by atoms with E-state index in [0.29, 0.717) is 12.8 Å². The van der Waals surface area contributed by atoms with E-state index in [4.69, 9.17) is 11.6 Å². The Balaban J connectivity index is 2.33. The second-order valence-corrected chi connectivity index (χ2v) is 6.88. The maximum absolute atomic E-state index is 14.1. The first-order valence-corrected chi connectivity index (χ1v) is 7.22. The van der Waals surface area contributed by atoms with Crippen LogP contribution in [0.5, 0.6) is 0 Å². The first kappa shape index (κ1) is 15.3. The van der Waals surface area contributed by atoms with Crippen molar-refractivity contribution in [1.29, 1.82) is 5.26 Å². The number of nitrogens with zero attached hydrogens (tertiary/aromatic N) is 1. The normalized spacial score (nSPS) is 22.0. The minimum atomic E-state index is -1.14. The van der Waals surface area contributed by atoms with E-state index in [1.807, 2.05) is 0 Å². The predicted octanol–water partition coefficient (Wildman–Crippen LogP) is 4.62. The van der Waals surface area contributed by atoms with Crippen LogP contribution in [0.2, 0.25) is 5.02 Å². The van der Waals surface area contributed by atoms with Gasteiger partial charge in [0.15, 0.2) is 0 Å². The van der Waals surface area contributed by atoms with Crippen LogP contribution in [-0.2, 0) is 0 Å². The monoisotopic (exact) mass is 295 g/mol. The van der Waals surface area contributed by atoms with Crippen LogP contribution in [0.15, 0.2) is 18.2 Å². The molecule has 2 rings (SSSR count). The minimum absolute atomic E-state index is 0.0224. The molecule has 0 radical (unpaired) electrons. The summed E-state index contributed by atoms with van der Waals surface area (Å²) in [4.78, 5) is 0. The van der Waals surface area contributed by atoms with E-state index < -0.39 is 17.3 Å². The highest BCUT2D eigenvalue weighted by Crippen LogP contribution is 2.51. The number of hydrogen-bond acceptors (Lipinski definition) is 2. The van der Waals surface area contributed by atoms with Crippen LogP contribution in [0, 0.1) is 28.0 Å². The molecule has 1 atom stereocenters. The van der Waals surface area contributed by atoms with Crippen molar-refractivity contribution in [2.75, 3.05) is 0 Å². The molecule has 1 N–H and O–H groups in total. The van der Waals surface area contributed by atoms with Gasteiger partial charge in [0.1, 0.15) is 11.9 Å². The van der Waals surface area contributed by atoms with Gasteiger partial charge in [-0.15, -0.1) is 0 Å². The molecule has 108 valence electrons. The van der Waals surface area contributed by atoms with Gasteiger partial charge in [-0.05, 0) is 37.2 Å². The number of halogens is 2. The molecule has 4 heteroatoms. The lowest BCUT2D eigenvalue weighted by atomic mass is 9.62. The maximum Gasteiger partial charge on any atom is 0.147 e. The van der Waals surface area contributed by atoms with Gasteiger partial charge in [0.25, 0.3) is 0 Å². The lowest BCUT2D eigenvalue weighted by Gasteiger charge is -2.42. The fourth-order valence-corrected chi connectivity index (χ4v) is 3.03. The zero-order chi connectivity index (χ0) is 15.0. The zero-order valence-electron chi connectivity index (χ0n) is 11.8. The summed E-state index contributed by atoms with van der Waals surface area (Å²) >= 11 is 5.76. The van der Waals surface area contributed by atoms with Gasteiger partial charge >= 0.3 is 0 Å². The van der Waals surface area contributed by atoms with E-state index in [1.54, 1.807) is 6.07 Å². The van der Waals surface area contributed by atoms with Crippen molar-refractivity contribution in [3.63, 3.8) is 0 Å². The molecule has 1 aromatic rings. The summed E-state index contributed by atoms with van der Waals surface area (Å²) in [6, 6.07) is 6.78. The number of hydrogen-bond donors (Lipinski definition) is 1. The predicted molar refractivity (Wildman–Crippen MR) is 76.7 cm³/mol. The van der Waals surface area contributed by atoms with Gasteiger partial charge < -0.3 is 5.11 Å². The Morgan fingerprint density at radius 3 is 2.45 bits per heavy atom. The average molecular weight is 296 g/mol. The van der Waals surface area contributed by atoms with E-state index >= 15 is 0 Å². The van der Waals surface area contributed by atoms with Crippen molar-refractivity contribution in [2.24, 2.45) is 10.8 Å². The Labute approximate surface area is 124 Å². The van der Waals surface area contributed by atoms with Gasteiger partial charge in [0.2, 0.25) is 0 Å². The maximum atomic E-state index is 14.1. The molecule has 0 bridgehead atoms. The molecule has 0 aromatic heterocycles. The number of aliphatic hydroxyl groups is 1. The Morgan fingerprint density at radius 1 is 1.30 bits per heavy atom. The molecule has 20 heavy (non-hydrogen) atoms. The van der Waals surface area contributed by atoms with Gasteiger partial charge in [0, 0.05) is 5.56 Å². The molecule has 1 unspecified atom stereocenters. The largest absolute Gasteiger partial charge is 0.387 e. The van der Waals surface area contributed by atoms with E-state index in [1.165, 1.54) is 12.1 Å². The molecule has 0 amide bonds. The fourth-order valence-electron chi connectivity index (χ4n) is 2.85. The van der Waals surface area contributed by atoms with Crippen LogP contribution in [0.4, 0.5) is 4.39 Å². The van der Waals surface area contributed by atoms with Crippen LogP contribution in [-0.4, -0.2) is 5.11 Å². The van der Waals surface area contributed by atoms with Crippen molar-refractivity contribution in [1.82, 2.24) is 0 Å². The second-order valence-electron chi connectivity index (χ2n) is 6.48. The van der Waals surface area contributed by atoms with Crippen LogP contribution >= 0.6 is 11.6 Å². The fraction of sp³-hybridized carbons (Fsp3) is 0.562. The molecule has 0 heterocycles. The van der Waals surface area contributed by atoms with E-state index in [2.05, 4.69) is 19.9 Å². The molecule has 0 aliphatic heterocycles. The van der Waals surface area contributed by atoms with Crippen molar-refractivity contribution in [3.8, 4) is 6.07 Å². The van der Waals surface area contributed by atoms with Gasteiger partial charge in [-0.25, -0.2) is 4.39 Å². The summed E-state index contributed by atoms with van der Waals surface area (Å²) in [7, 11) is 0. The second kappa shape index (κ2) is 5.35. The molecule has 2 nitrogen and oxygen atoms in total. The number of nitriles is 1. The van der Waals surface area contributed by atoms with Crippen LogP contribution in [0.1, 0.15) is 51.2 Å². The topological polar surface area (TPSA) is 44.0 Å². The molecule has 0 saturated heterocycles. The molecule has 1 fully saturated rings. The quantitative estimate of drug-likeness (QED) is 0.865. The summed E-state index contributed by atoms with van der Waals surface area (Å²) in [5.74, 6) is -0.624. The summed E-state index contributed by atoms with van der Waals surface area (Å²) in [6.07, 6.45) is 1.70. The Hall–Kier alpha value is -1.11. The van der Waals surface area contributed by atoms with Crippen molar-refractivity contribution in [3.05, 3.63) is 34.6 Å². The van der Waals surface area contributed by atoms with Crippen molar-refractivity contribution >= 4 is 11.6 Å². The third kappa shape index (κ3) is 2.68. The molecular formula is C16H19ClFNO. The number of aliphatic hydroxyl groups excluding tert-OH is 1. The van der Waals surface area contributed by atoms with Gasteiger partial charge in [0.05, 0.1) is 16.5 Å². The van der Waals surface area contributed by atoms with Crippen LogP contribution in [0.25, 0.3) is 0 Å². The smallest absolute Gasteiger partial charge is 0.147 e. The van der Waals surface area contributed by atoms with Gasteiger partial charge in [-0.1, -0.05) is 37.6 Å². The summed E-state index contributed by atoms with van der Waals surface area (Å²) in [6.45, 7) is 4.31. The average Bonchev–Trinajstić information content (AvgIpc) is 2.42. The highest BCUT2D eigenvalue weighted by molar-refractivity contribution is 6.30. The molecule has 1 aliphatic carbocycles. The highest BCUT2D eigenvalue weighted by Gasteiger charge is 2.45.